The van der Waals surface area contributed by atoms with Crippen LogP contribution in [0.5, 0.6) is 0 Å². The Balaban J connectivity index is 1.76. The van der Waals surface area contributed by atoms with Gasteiger partial charge in [-0.25, -0.2) is 9.98 Å². The van der Waals surface area contributed by atoms with E-state index in [9.17, 15) is 4.79 Å². The molecule has 4 rings (SSSR count). The number of aliphatic imine (C=N–C) groups is 1. The molecule has 2 aromatic heterocycles. The Bertz CT molecular complexity index is 989. The number of hydrogen-bond acceptors (Lipinski definition) is 6. The van der Waals surface area contributed by atoms with E-state index in [4.69, 9.17) is 4.99 Å². The molecule has 0 radical (unpaired) electrons. The van der Waals surface area contributed by atoms with Crippen LogP contribution in [-0.4, -0.2) is 15.5 Å². The van der Waals surface area contributed by atoms with Crippen molar-refractivity contribution in [2.24, 2.45) is 4.99 Å². The first-order valence-corrected chi connectivity index (χ1v) is 8.80. The average molecular weight is 351 g/mol. The Morgan fingerprint density at radius 1 is 1.20 bits per heavy atom. The molecule has 0 unspecified atom stereocenters. The Morgan fingerprint density at radius 2 is 2.00 bits per heavy atom. The summed E-state index contributed by atoms with van der Waals surface area (Å²) >= 11 is 1.57. The molecule has 0 spiro atoms. The summed E-state index contributed by atoms with van der Waals surface area (Å²) in [5.41, 5.74) is 2.66. The molecular weight excluding hydrogens is 334 g/mol. The highest BCUT2D eigenvalue weighted by Crippen LogP contribution is 2.28. The van der Waals surface area contributed by atoms with Gasteiger partial charge in [0.25, 0.3) is 5.56 Å². The van der Waals surface area contributed by atoms with E-state index < -0.39 is 6.17 Å². The topological polar surface area (TPSA) is 71.3 Å². The quantitative estimate of drug-likeness (QED) is 0.743. The van der Waals surface area contributed by atoms with Crippen LogP contribution in [0.15, 0.2) is 57.6 Å². The number of nitrogens with one attached hydrogen (secondary N) is 2. The van der Waals surface area contributed by atoms with E-state index in [1.165, 1.54) is 11.6 Å². The Labute approximate surface area is 148 Å². The molecule has 3 aromatic rings. The maximum absolute atomic E-state index is 12.5. The molecule has 1 aliphatic heterocycles. The number of fused-ring (bicyclic) bond motifs is 1. The lowest BCUT2D eigenvalue weighted by atomic mass is 10.2. The van der Waals surface area contributed by atoms with Crippen LogP contribution >= 0.6 is 11.3 Å². The van der Waals surface area contributed by atoms with Crippen molar-refractivity contribution in [3.05, 3.63) is 74.3 Å². The Hall–Kier alpha value is -2.93. The van der Waals surface area contributed by atoms with E-state index in [1.54, 1.807) is 15.9 Å². The molecule has 0 amide bonds. The lowest BCUT2D eigenvalue weighted by molar-refractivity contribution is 0.586. The van der Waals surface area contributed by atoms with Crippen LogP contribution < -0.4 is 16.2 Å². The SMILES string of the molecule is Cc1ccc(NC2=N[C@@H](c3cccs3)n3c(nc(C)cc3=O)N2)cc1. The summed E-state index contributed by atoms with van der Waals surface area (Å²) in [5.74, 6) is 1.06. The number of benzene rings is 1. The van der Waals surface area contributed by atoms with Crippen molar-refractivity contribution in [2.45, 2.75) is 20.0 Å². The third-order valence-electron chi connectivity index (χ3n) is 3.92. The van der Waals surface area contributed by atoms with E-state index in [1.807, 2.05) is 55.6 Å². The lowest BCUT2D eigenvalue weighted by Crippen LogP contribution is -2.37. The first-order chi connectivity index (χ1) is 12.1. The van der Waals surface area contributed by atoms with Crippen molar-refractivity contribution in [3.63, 3.8) is 0 Å². The fourth-order valence-electron chi connectivity index (χ4n) is 2.71. The van der Waals surface area contributed by atoms with E-state index >= 15 is 0 Å². The molecule has 0 saturated heterocycles. The van der Waals surface area contributed by atoms with Gasteiger partial charge in [-0.05, 0) is 37.4 Å². The minimum atomic E-state index is -0.426. The standard InChI is InChI=1S/C18H17N5OS/c1-11-5-7-13(8-6-11)20-17-21-16(14-4-3-9-25-14)23-15(24)10-12(2)19-18(23)22-17/h3-10,16H,1-2H3,(H2,19,20,21,22)/t16-/m1/s1. The van der Waals surface area contributed by atoms with Gasteiger partial charge in [0.15, 0.2) is 6.17 Å². The molecule has 1 atom stereocenters. The first kappa shape index (κ1) is 15.6. The summed E-state index contributed by atoms with van der Waals surface area (Å²) in [5, 5.41) is 8.38. The number of aromatic nitrogens is 2. The van der Waals surface area contributed by atoms with Crippen molar-refractivity contribution in [1.29, 1.82) is 0 Å². The zero-order chi connectivity index (χ0) is 17.4. The molecule has 7 heteroatoms. The van der Waals surface area contributed by atoms with Gasteiger partial charge in [-0.1, -0.05) is 23.8 Å². The van der Waals surface area contributed by atoms with Crippen LogP contribution in [0.4, 0.5) is 11.6 Å². The third-order valence-corrected chi connectivity index (χ3v) is 4.83. The monoisotopic (exact) mass is 351 g/mol. The van der Waals surface area contributed by atoms with Gasteiger partial charge in [-0.15, -0.1) is 11.3 Å². The molecule has 126 valence electrons. The minimum Gasteiger partial charge on any atom is -0.326 e. The van der Waals surface area contributed by atoms with Crippen molar-refractivity contribution >= 4 is 28.9 Å². The largest absolute Gasteiger partial charge is 0.326 e. The van der Waals surface area contributed by atoms with Gasteiger partial charge in [0.05, 0.1) is 0 Å². The smallest absolute Gasteiger partial charge is 0.257 e. The number of nitrogens with zero attached hydrogens (tertiary/aromatic N) is 3. The summed E-state index contributed by atoms with van der Waals surface area (Å²) in [4.78, 5) is 22.7. The van der Waals surface area contributed by atoms with Crippen molar-refractivity contribution < 1.29 is 0 Å². The number of guanidine groups is 1. The normalized spacial score (nSPS) is 15.9. The summed E-state index contributed by atoms with van der Waals surface area (Å²) in [6.45, 7) is 3.85. The van der Waals surface area contributed by atoms with E-state index in [2.05, 4.69) is 15.6 Å². The van der Waals surface area contributed by atoms with Gasteiger partial charge in [0.2, 0.25) is 11.9 Å². The summed E-state index contributed by atoms with van der Waals surface area (Å²) < 4.78 is 1.58. The predicted molar refractivity (Wildman–Crippen MR) is 102 cm³/mol. The van der Waals surface area contributed by atoms with E-state index in [-0.39, 0.29) is 5.56 Å². The van der Waals surface area contributed by atoms with Crippen molar-refractivity contribution in [1.82, 2.24) is 9.55 Å². The van der Waals surface area contributed by atoms with Gasteiger partial charge in [-0.3, -0.25) is 14.7 Å². The second kappa shape index (κ2) is 6.18. The van der Waals surface area contributed by atoms with Crippen LogP contribution in [0.3, 0.4) is 0 Å². The molecule has 1 aromatic carbocycles. The first-order valence-electron chi connectivity index (χ1n) is 7.92. The number of thiophene rings is 1. The highest BCUT2D eigenvalue weighted by atomic mass is 32.1. The Morgan fingerprint density at radius 3 is 2.72 bits per heavy atom. The van der Waals surface area contributed by atoms with Gasteiger partial charge in [0.1, 0.15) is 0 Å². The van der Waals surface area contributed by atoms with Crippen molar-refractivity contribution in [2.75, 3.05) is 10.6 Å². The summed E-state index contributed by atoms with van der Waals surface area (Å²) in [7, 11) is 0. The number of aryl methyl sites for hydroxylation is 2. The molecule has 1 aliphatic rings. The molecular formula is C18H17N5OS. The van der Waals surface area contributed by atoms with Crippen molar-refractivity contribution in [3.8, 4) is 0 Å². The van der Waals surface area contributed by atoms with Gasteiger partial charge >= 0.3 is 0 Å². The number of anilines is 2. The van der Waals surface area contributed by atoms with Crippen LogP contribution in [0.1, 0.15) is 22.3 Å². The van der Waals surface area contributed by atoms with Crippen LogP contribution in [-0.2, 0) is 0 Å². The van der Waals surface area contributed by atoms with Gasteiger partial charge in [-0.2, -0.15) is 0 Å². The zero-order valence-electron chi connectivity index (χ0n) is 13.9. The molecule has 2 N–H and O–H groups in total. The van der Waals surface area contributed by atoms with E-state index in [0.29, 0.717) is 17.6 Å². The number of hydrogen-bond donors (Lipinski definition) is 2. The van der Waals surface area contributed by atoms with Gasteiger partial charge < -0.3 is 5.32 Å². The Kier molecular flexibility index (Phi) is 3.85. The molecule has 6 nitrogen and oxygen atoms in total. The van der Waals surface area contributed by atoms with Crippen LogP contribution in [0, 0.1) is 13.8 Å². The summed E-state index contributed by atoms with van der Waals surface area (Å²) in [6.07, 6.45) is -0.426. The maximum atomic E-state index is 12.5. The van der Waals surface area contributed by atoms with Crippen LogP contribution in [0.2, 0.25) is 0 Å². The zero-order valence-corrected chi connectivity index (χ0v) is 14.7. The minimum absolute atomic E-state index is 0.119. The molecule has 3 heterocycles. The second-order valence-corrected chi connectivity index (χ2v) is 6.89. The maximum Gasteiger partial charge on any atom is 0.257 e. The highest BCUT2D eigenvalue weighted by molar-refractivity contribution is 7.10. The number of rotatable bonds is 2. The average Bonchev–Trinajstić information content (AvgIpc) is 3.10. The predicted octanol–water partition coefficient (Wildman–Crippen LogP) is 3.36. The molecule has 0 saturated carbocycles. The molecule has 0 bridgehead atoms. The van der Waals surface area contributed by atoms with E-state index in [0.717, 1.165) is 10.6 Å². The lowest BCUT2D eigenvalue weighted by Gasteiger charge is -2.26. The fraction of sp³-hybridized carbons (Fsp3) is 0.167. The molecule has 25 heavy (non-hydrogen) atoms. The van der Waals surface area contributed by atoms with Crippen LogP contribution in [0.25, 0.3) is 0 Å². The molecule has 0 aliphatic carbocycles. The fourth-order valence-corrected chi connectivity index (χ4v) is 3.47. The highest BCUT2D eigenvalue weighted by Gasteiger charge is 2.25. The summed E-state index contributed by atoms with van der Waals surface area (Å²) in [6, 6.07) is 13.5. The van der Waals surface area contributed by atoms with Gasteiger partial charge in [0, 0.05) is 22.3 Å². The molecule has 0 fully saturated rings. The second-order valence-electron chi connectivity index (χ2n) is 5.91. The third kappa shape index (κ3) is 3.06.